The van der Waals surface area contributed by atoms with Crippen LogP contribution in [0.25, 0.3) is 0 Å². The summed E-state index contributed by atoms with van der Waals surface area (Å²) in [6.45, 7) is 0. The SMILES string of the molecule is Fc1ccc(C(Br)Cc2ccccc2Cl)c(F)c1F. The van der Waals surface area contributed by atoms with Crippen molar-refractivity contribution in [1.82, 2.24) is 0 Å². The van der Waals surface area contributed by atoms with Gasteiger partial charge in [0, 0.05) is 15.4 Å². The van der Waals surface area contributed by atoms with Gasteiger partial charge in [-0.2, -0.15) is 0 Å². The van der Waals surface area contributed by atoms with Crippen LogP contribution >= 0.6 is 27.5 Å². The molecule has 5 heteroatoms. The summed E-state index contributed by atoms with van der Waals surface area (Å²) in [4.78, 5) is -0.484. The second-order valence-electron chi connectivity index (χ2n) is 4.03. The lowest BCUT2D eigenvalue weighted by Crippen LogP contribution is -2.03. The Kier molecular flexibility index (Phi) is 4.53. The summed E-state index contributed by atoms with van der Waals surface area (Å²) >= 11 is 9.28. The predicted octanol–water partition coefficient (Wildman–Crippen LogP) is 5.44. The van der Waals surface area contributed by atoms with Crippen LogP contribution in [0.1, 0.15) is 16.0 Å². The number of alkyl halides is 1. The van der Waals surface area contributed by atoms with Gasteiger partial charge in [-0.1, -0.05) is 51.8 Å². The maximum Gasteiger partial charge on any atom is 0.194 e. The van der Waals surface area contributed by atoms with Crippen LogP contribution in [0.2, 0.25) is 5.02 Å². The Hall–Kier alpha value is -1.00. The third kappa shape index (κ3) is 3.12. The zero-order valence-corrected chi connectivity index (χ0v) is 12.0. The van der Waals surface area contributed by atoms with Gasteiger partial charge in [0.15, 0.2) is 17.5 Å². The van der Waals surface area contributed by atoms with E-state index >= 15 is 0 Å². The molecule has 0 amide bonds. The first-order valence-corrected chi connectivity index (χ1v) is 6.81. The van der Waals surface area contributed by atoms with Gasteiger partial charge in [0.05, 0.1) is 0 Å². The fourth-order valence-corrected chi connectivity index (χ4v) is 2.66. The van der Waals surface area contributed by atoms with Crippen molar-refractivity contribution in [3.63, 3.8) is 0 Å². The van der Waals surface area contributed by atoms with Crippen molar-refractivity contribution in [3.8, 4) is 0 Å². The van der Waals surface area contributed by atoms with E-state index in [4.69, 9.17) is 11.6 Å². The molecule has 19 heavy (non-hydrogen) atoms. The Bertz CT molecular complexity index is 601. The number of hydrogen-bond acceptors (Lipinski definition) is 0. The predicted molar refractivity (Wildman–Crippen MR) is 73.1 cm³/mol. The minimum absolute atomic E-state index is 0.0684. The summed E-state index contributed by atoms with van der Waals surface area (Å²) in [5.41, 5.74) is 0.869. The van der Waals surface area contributed by atoms with Crippen molar-refractivity contribution in [2.75, 3.05) is 0 Å². The van der Waals surface area contributed by atoms with E-state index in [1.165, 1.54) is 6.07 Å². The lowest BCUT2D eigenvalue weighted by Gasteiger charge is -2.13. The van der Waals surface area contributed by atoms with Crippen LogP contribution in [0.3, 0.4) is 0 Å². The number of halogens is 5. The van der Waals surface area contributed by atoms with Crippen LogP contribution in [0.15, 0.2) is 36.4 Å². The highest BCUT2D eigenvalue weighted by atomic mass is 79.9. The van der Waals surface area contributed by atoms with E-state index in [9.17, 15) is 13.2 Å². The molecule has 2 aromatic rings. The summed E-state index contributed by atoms with van der Waals surface area (Å²) in [5.74, 6) is -3.83. The molecule has 0 aliphatic carbocycles. The lowest BCUT2D eigenvalue weighted by molar-refractivity contribution is 0.440. The van der Waals surface area contributed by atoms with Crippen LogP contribution in [0.4, 0.5) is 13.2 Å². The summed E-state index contributed by atoms with van der Waals surface area (Å²) < 4.78 is 39.7. The molecule has 0 aliphatic rings. The molecule has 0 N–H and O–H groups in total. The smallest absolute Gasteiger partial charge is 0.194 e. The molecule has 2 aromatic carbocycles. The number of rotatable bonds is 3. The first-order chi connectivity index (χ1) is 9.00. The molecule has 0 aromatic heterocycles. The maximum absolute atomic E-state index is 13.6. The normalized spacial score (nSPS) is 12.5. The highest BCUT2D eigenvalue weighted by Crippen LogP contribution is 2.32. The van der Waals surface area contributed by atoms with E-state index in [1.807, 2.05) is 6.07 Å². The van der Waals surface area contributed by atoms with Gasteiger partial charge in [0.25, 0.3) is 0 Å². The first kappa shape index (κ1) is 14.4. The Morgan fingerprint density at radius 3 is 2.37 bits per heavy atom. The van der Waals surface area contributed by atoms with Crippen LogP contribution in [-0.2, 0) is 6.42 Å². The zero-order valence-electron chi connectivity index (χ0n) is 9.64. The molecule has 1 unspecified atom stereocenters. The second kappa shape index (κ2) is 5.97. The van der Waals surface area contributed by atoms with E-state index in [0.29, 0.717) is 11.4 Å². The third-order valence-corrected chi connectivity index (χ3v) is 3.95. The van der Waals surface area contributed by atoms with Crippen LogP contribution < -0.4 is 0 Å². The van der Waals surface area contributed by atoms with Gasteiger partial charge in [-0.15, -0.1) is 0 Å². The molecule has 0 radical (unpaired) electrons. The van der Waals surface area contributed by atoms with E-state index in [0.717, 1.165) is 11.6 Å². The van der Waals surface area contributed by atoms with Crippen molar-refractivity contribution in [2.24, 2.45) is 0 Å². The van der Waals surface area contributed by atoms with Crippen molar-refractivity contribution >= 4 is 27.5 Å². The molecule has 0 nitrogen and oxygen atoms in total. The first-order valence-electron chi connectivity index (χ1n) is 5.51. The molecule has 100 valence electrons. The largest absolute Gasteiger partial charge is 0.204 e. The molecule has 2 rings (SSSR count). The van der Waals surface area contributed by atoms with Crippen molar-refractivity contribution in [3.05, 3.63) is 70.0 Å². The standard InChI is InChI=1S/C14H9BrClF3/c15-10(7-8-3-1-2-4-11(8)16)9-5-6-12(17)14(19)13(9)18/h1-6,10H,7H2. The van der Waals surface area contributed by atoms with Gasteiger partial charge in [0.2, 0.25) is 0 Å². The van der Waals surface area contributed by atoms with E-state index < -0.39 is 22.3 Å². The van der Waals surface area contributed by atoms with Crippen LogP contribution in [-0.4, -0.2) is 0 Å². The van der Waals surface area contributed by atoms with Gasteiger partial charge in [0.1, 0.15) is 0 Å². The van der Waals surface area contributed by atoms with Gasteiger partial charge in [-0.25, -0.2) is 13.2 Å². The zero-order chi connectivity index (χ0) is 14.0. The Morgan fingerprint density at radius 1 is 1.00 bits per heavy atom. The molecule has 0 spiro atoms. The Labute approximate surface area is 122 Å². The fourth-order valence-electron chi connectivity index (χ4n) is 1.75. The second-order valence-corrected chi connectivity index (χ2v) is 5.54. The molecule has 0 bridgehead atoms. The van der Waals surface area contributed by atoms with Crippen LogP contribution in [0, 0.1) is 17.5 Å². The summed E-state index contributed by atoms with van der Waals surface area (Å²) in [5, 5.41) is 0.551. The van der Waals surface area contributed by atoms with Crippen molar-refractivity contribution in [2.45, 2.75) is 11.2 Å². The molecule has 0 fully saturated rings. The Morgan fingerprint density at radius 2 is 1.68 bits per heavy atom. The van der Waals surface area contributed by atoms with E-state index in [2.05, 4.69) is 15.9 Å². The molecule has 1 atom stereocenters. The van der Waals surface area contributed by atoms with Crippen LogP contribution in [0.5, 0.6) is 0 Å². The molecule has 0 heterocycles. The summed E-state index contributed by atoms with van der Waals surface area (Å²) in [7, 11) is 0. The Balaban J connectivity index is 2.28. The summed E-state index contributed by atoms with van der Waals surface area (Å²) in [6, 6.07) is 9.25. The quantitative estimate of drug-likeness (QED) is 0.511. The number of hydrogen-bond donors (Lipinski definition) is 0. The van der Waals surface area contributed by atoms with E-state index in [-0.39, 0.29) is 5.56 Å². The van der Waals surface area contributed by atoms with Gasteiger partial charge in [-0.3, -0.25) is 0 Å². The van der Waals surface area contributed by atoms with Gasteiger partial charge < -0.3 is 0 Å². The summed E-state index contributed by atoms with van der Waals surface area (Å²) in [6.07, 6.45) is 0.377. The molecular formula is C14H9BrClF3. The minimum Gasteiger partial charge on any atom is -0.204 e. The highest BCUT2D eigenvalue weighted by Gasteiger charge is 2.19. The van der Waals surface area contributed by atoms with Crippen molar-refractivity contribution < 1.29 is 13.2 Å². The average Bonchev–Trinajstić information content (AvgIpc) is 2.39. The molecule has 0 aliphatic heterocycles. The fraction of sp³-hybridized carbons (Fsp3) is 0.143. The topological polar surface area (TPSA) is 0 Å². The minimum atomic E-state index is -1.46. The average molecular weight is 350 g/mol. The molecule has 0 saturated carbocycles. The van der Waals surface area contributed by atoms with Crippen molar-refractivity contribution in [1.29, 1.82) is 0 Å². The van der Waals surface area contributed by atoms with E-state index in [1.54, 1.807) is 18.2 Å². The molecular weight excluding hydrogens is 341 g/mol. The maximum atomic E-state index is 13.6. The highest BCUT2D eigenvalue weighted by molar-refractivity contribution is 9.09. The lowest BCUT2D eigenvalue weighted by atomic mass is 10.0. The monoisotopic (exact) mass is 348 g/mol. The third-order valence-electron chi connectivity index (χ3n) is 2.76. The molecule has 0 saturated heterocycles. The van der Waals surface area contributed by atoms with Gasteiger partial charge in [-0.05, 0) is 24.1 Å². The van der Waals surface area contributed by atoms with Gasteiger partial charge >= 0.3 is 0 Å². The number of benzene rings is 2.